The van der Waals surface area contributed by atoms with Crippen molar-refractivity contribution in [1.29, 1.82) is 0 Å². The molecule has 0 saturated heterocycles. The predicted octanol–water partition coefficient (Wildman–Crippen LogP) is 4.71. The van der Waals surface area contributed by atoms with Gasteiger partial charge in [0.25, 0.3) is 0 Å². The molecule has 1 nitrogen and oxygen atoms in total. The van der Waals surface area contributed by atoms with Crippen LogP contribution in [0.5, 0.6) is 0 Å². The molecule has 0 atom stereocenters. The van der Waals surface area contributed by atoms with Gasteiger partial charge in [-0.3, -0.25) is 0 Å². The molecule has 0 bridgehead atoms. The van der Waals surface area contributed by atoms with Crippen LogP contribution >= 0.6 is 0 Å². The van der Waals surface area contributed by atoms with Gasteiger partial charge in [-0.15, -0.1) is 10.9 Å². The highest BCUT2D eigenvalue weighted by atomic mass is 16.3. The van der Waals surface area contributed by atoms with Gasteiger partial charge in [-0.2, -0.15) is 0 Å². The first-order valence-electron chi connectivity index (χ1n) is 12.2. The van der Waals surface area contributed by atoms with Crippen molar-refractivity contribution in [3.63, 3.8) is 0 Å². The third-order valence-electron chi connectivity index (χ3n) is 7.22. The lowest BCUT2D eigenvalue weighted by Crippen LogP contribution is -2.48. The smallest absolute Gasteiger partial charge is 0.135 e. The van der Waals surface area contributed by atoms with Crippen LogP contribution in [0.25, 0.3) is 60.2 Å². The fourth-order valence-electron chi connectivity index (χ4n) is 5.45. The molecule has 1 heterocycles. The Morgan fingerprint density at radius 1 is 0.676 bits per heavy atom. The molecule has 6 rings (SSSR count). The third kappa shape index (κ3) is 3.52. The summed E-state index contributed by atoms with van der Waals surface area (Å²) in [4.78, 5) is 0. The summed E-state index contributed by atoms with van der Waals surface area (Å²) in [7, 11) is 26.3. The molecule has 8 radical (unpaired) electrons. The van der Waals surface area contributed by atoms with Crippen LogP contribution in [0.1, 0.15) is 19.4 Å². The number of fused-ring (bicyclic) bond motifs is 5. The molecule has 0 aliphatic rings. The summed E-state index contributed by atoms with van der Waals surface area (Å²) in [5.74, 6) is 0. The summed E-state index contributed by atoms with van der Waals surface area (Å²) in [6.45, 7) is 4.07. The number of hydrogen-bond acceptors (Lipinski definition) is 1. The van der Waals surface area contributed by atoms with E-state index in [1.807, 2.05) is 55.5 Å². The highest BCUT2D eigenvalue weighted by molar-refractivity contribution is 6.67. The van der Waals surface area contributed by atoms with E-state index in [-0.39, 0.29) is 0 Å². The molecule has 5 aromatic carbocycles. The third-order valence-corrected chi connectivity index (χ3v) is 7.22. The molecule has 0 spiro atoms. The number of hydrogen-bond donors (Lipinski definition) is 0. The van der Waals surface area contributed by atoms with Crippen LogP contribution < -0.4 is 21.9 Å². The van der Waals surface area contributed by atoms with Crippen molar-refractivity contribution in [2.24, 2.45) is 0 Å². The number of benzene rings is 5. The van der Waals surface area contributed by atoms with E-state index >= 15 is 0 Å². The Hall–Kier alpha value is -3.84. The highest BCUT2D eigenvalue weighted by Gasteiger charge is 2.21. The molecule has 0 saturated carbocycles. The van der Waals surface area contributed by atoms with Crippen molar-refractivity contribution in [2.45, 2.75) is 13.8 Å². The maximum atomic E-state index is 6.76. The molecular formula is C32H20B4O. The SMILES string of the molecule is [B]c1c([B])c([B])c2c(-c3ccc4oc5ccccc5c4c3)c3ccccc3c(/C(C)=C/C=C\C)c2c1[B]. The Morgan fingerprint density at radius 2 is 1.30 bits per heavy atom. The molecular weight excluding hydrogens is 444 g/mol. The van der Waals surface area contributed by atoms with Crippen LogP contribution in [-0.4, -0.2) is 31.4 Å². The Bertz CT molecular complexity index is 1940. The van der Waals surface area contributed by atoms with Gasteiger partial charge in [0.2, 0.25) is 0 Å². The fourth-order valence-corrected chi connectivity index (χ4v) is 5.45. The molecule has 37 heavy (non-hydrogen) atoms. The lowest BCUT2D eigenvalue weighted by molar-refractivity contribution is 0.669. The van der Waals surface area contributed by atoms with Crippen molar-refractivity contribution in [3.05, 3.63) is 90.5 Å². The zero-order chi connectivity index (χ0) is 25.8. The van der Waals surface area contributed by atoms with E-state index in [2.05, 4.69) is 43.3 Å². The van der Waals surface area contributed by atoms with E-state index in [1.165, 1.54) is 0 Å². The highest BCUT2D eigenvalue weighted by Crippen LogP contribution is 2.41. The summed E-state index contributed by atoms with van der Waals surface area (Å²) in [6.07, 6.45) is 6.09. The number of para-hydroxylation sites is 1. The second-order valence-electron chi connectivity index (χ2n) is 9.38. The van der Waals surface area contributed by atoms with Crippen molar-refractivity contribution in [1.82, 2.24) is 0 Å². The Kier molecular flexibility index (Phi) is 5.68. The maximum absolute atomic E-state index is 6.76. The van der Waals surface area contributed by atoms with Crippen LogP contribution in [0.3, 0.4) is 0 Å². The Balaban J connectivity index is 1.85. The molecule has 1 aromatic heterocycles. The Labute approximate surface area is 221 Å². The number of furan rings is 1. The summed E-state index contributed by atoms with van der Waals surface area (Å²) < 4.78 is 6.09. The van der Waals surface area contributed by atoms with Crippen LogP contribution in [0, 0.1) is 0 Å². The van der Waals surface area contributed by atoms with Crippen molar-refractivity contribution in [2.75, 3.05) is 0 Å². The average molecular weight is 464 g/mol. The number of allylic oxidation sites excluding steroid dienone is 4. The van der Waals surface area contributed by atoms with Gasteiger partial charge in [-0.05, 0) is 75.9 Å². The van der Waals surface area contributed by atoms with E-state index in [0.717, 1.165) is 65.7 Å². The fraction of sp³-hybridized carbons (Fsp3) is 0.0625. The largest absolute Gasteiger partial charge is 0.456 e. The summed E-state index contributed by atoms with van der Waals surface area (Å²) >= 11 is 0. The van der Waals surface area contributed by atoms with Crippen molar-refractivity contribution < 1.29 is 4.42 Å². The molecule has 0 amide bonds. The summed E-state index contributed by atoms with van der Waals surface area (Å²) in [6, 6.07) is 22.6. The normalized spacial score (nSPS) is 12.5. The summed E-state index contributed by atoms with van der Waals surface area (Å²) in [5.41, 5.74) is 7.18. The van der Waals surface area contributed by atoms with Gasteiger partial charge in [0.15, 0.2) is 0 Å². The van der Waals surface area contributed by atoms with E-state index < -0.39 is 0 Å². The minimum atomic E-state index is 0.303. The minimum Gasteiger partial charge on any atom is -0.456 e. The first-order valence-corrected chi connectivity index (χ1v) is 12.2. The van der Waals surface area contributed by atoms with Gasteiger partial charge in [0.1, 0.15) is 42.6 Å². The second kappa shape index (κ2) is 8.92. The van der Waals surface area contributed by atoms with Gasteiger partial charge in [0.05, 0.1) is 0 Å². The van der Waals surface area contributed by atoms with Crippen LogP contribution in [0.2, 0.25) is 0 Å². The van der Waals surface area contributed by atoms with Crippen LogP contribution in [-0.2, 0) is 0 Å². The first kappa shape index (κ1) is 23.6. The molecule has 5 heteroatoms. The second-order valence-corrected chi connectivity index (χ2v) is 9.38. The molecule has 0 aliphatic heterocycles. The first-order chi connectivity index (χ1) is 17.9. The molecule has 0 N–H and O–H groups in total. The average Bonchev–Trinajstić information content (AvgIpc) is 3.30. The number of rotatable bonds is 3. The predicted molar refractivity (Wildman–Crippen MR) is 164 cm³/mol. The zero-order valence-corrected chi connectivity index (χ0v) is 20.8. The minimum absolute atomic E-state index is 0.303. The lowest BCUT2D eigenvalue weighted by Gasteiger charge is -2.25. The Morgan fingerprint density at radius 3 is 2.03 bits per heavy atom. The topological polar surface area (TPSA) is 13.1 Å². The standard InChI is InChI=1S/C32H20B4O/c1-3-4-9-17(2)25-20-11-5-6-12-21(20)26(28-27(25)29(33)31(35)32(36)30(28)34)18-14-15-24-22(16-18)19-10-7-8-13-23(19)37-24/h3-16H,1-2H3/b4-3-,17-9+. The van der Waals surface area contributed by atoms with E-state index in [9.17, 15) is 0 Å². The lowest BCUT2D eigenvalue weighted by atomic mass is 9.62. The summed E-state index contributed by atoms with van der Waals surface area (Å²) in [5, 5.41) is 5.84. The van der Waals surface area contributed by atoms with E-state index in [0.29, 0.717) is 21.9 Å². The van der Waals surface area contributed by atoms with E-state index in [1.54, 1.807) is 0 Å². The molecule has 6 aromatic rings. The quantitative estimate of drug-likeness (QED) is 0.210. The van der Waals surface area contributed by atoms with Crippen LogP contribution in [0.4, 0.5) is 0 Å². The maximum Gasteiger partial charge on any atom is 0.135 e. The monoisotopic (exact) mass is 464 g/mol. The van der Waals surface area contributed by atoms with Gasteiger partial charge in [-0.25, -0.2) is 0 Å². The molecule has 0 fully saturated rings. The van der Waals surface area contributed by atoms with Gasteiger partial charge >= 0.3 is 0 Å². The molecule has 166 valence electrons. The van der Waals surface area contributed by atoms with Crippen LogP contribution in [0.15, 0.2) is 89.4 Å². The van der Waals surface area contributed by atoms with Gasteiger partial charge in [-0.1, -0.05) is 77.7 Å². The van der Waals surface area contributed by atoms with Gasteiger partial charge in [0, 0.05) is 10.8 Å². The molecule has 0 unspecified atom stereocenters. The van der Waals surface area contributed by atoms with Gasteiger partial charge < -0.3 is 4.42 Å². The zero-order valence-electron chi connectivity index (χ0n) is 20.8. The van der Waals surface area contributed by atoms with Crippen molar-refractivity contribution >= 4 is 102 Å². The molecule has 0 aliphatic carbocycles. The van der Waals surface area contributed by atoms with Crippen molar-refractivity contribution in [3.8, 4) is 11.1 Å². The van der Waals surface area contributed by atoms with E-state index in [4.69, 9.17) is 35.8 Å².